The number of halogens is 1. The molecule has 4 aliphatic carbocycles. The Kier molecular flexibility index (Phi) is 3.62. The number of nitrogens with zero attached hydrogens (tertiary/aromatic N) is 1. The second kappa shape index (κ2) is 5.22. The van der Waals surface area contributed by atoms with Crippen LogP contribution in [0.4, 0.5) is 0 Å². The maximum atomic E-state index is 12.5. The number of carbonyl (C=O) groups excluding carboxylic acids is 2. The summed E-state index contributed by atoms with van der Waals surface area (Å²) in [7, 11) is 0. The molecule has 4 aliphatic rings. The Morgan fingerprint density at radius 3 is 2.68 bits per heavy atom. The molecule has 0 heterocycles. The van der Waals surface area contributed by atoms with Gasteiger partial charge < -0.3 is 5.11 Å². The van der Waals surface area contributed by atoms with E-state index >= 15 is 0 Å². The summed E-state index contributed by atoms with van der Waals surface area (Å²) in [5.74, 6) is -0.351. The van der Waals surface area contributed by atoms with E-state index in [1.807, 2.05) is 6.08 Å². The van der Waals surface area contributed by atoms with E-state index in [1.165, 1.54) is 0 Å². The van der Waals surface area contributed by atoms with Crippen molar-refractivity contribution in [1.29, 1.82) is 0 Å². The first-order valence-corrected chi connectivity index (χ1v) is 9.77. The maximum absolute atomic E-state index is 12.5. The molecule has 0 radical (unpaired) electrons. The van der Waals surface area contributed by atoms with Crippen LogP contribution in [0.15, 0.2) is 10.6 Å². The summed E-state index contributed by atoms with van der Waals surface area (Å²) < 4.78 is 0.496. The van der Waals surface area contributed by atoms with Gasteiger partial charge >= 0.3 is 0 Å². The minimum Gasteiger partial charge on any atom is -0.381 e. The van der Waals surface area contributed by atoms with Gasteiger partial charge in [0.2, 0.25) is 0 Å². The zero-order valence-corrected chi connectivity index (χ0v) is 15.8. The highest BCUT2D eigenvalue weighted by molar-refractivity contribution is 9.12. The fourth-order valence-electron chi connectivity index (χ4n) is 6.40. The second-order valence-electron chi connectivity index (χ2n) is 8.46. The summed E-state index contributed by atoms with van der Waals surface area (Å²) in [6.45, 7) is 1.71. The van der Waals surface area contributed by atoms with Crippen LogP contribution >= 0.6 is 15.9 Å². The van der Waals surface area contributed by atoms with Crippen molar-refractivity contribution in [3.05, 3.63) is 20.7 Å². The quantitative estimate of drug-likeness (QED) is 0.528. The number of rotatable bonds is 1. The number of hydrogen-bond acceptors (Lipinski definition) is 5. The SMILES string of the molecule is C[C@]12CC[C@@H]3[C@H]4C=C(Br)C(=O)C[C@@H]4CC[C@@]3([N+](=O)[O-])[C@@]1(O)CCC2=O. The zero-order chi connectivity index (χ0) is 18.2. The van der Waals surface area contributed by atoms with Crippen LogP contribution in [-0.4, -0.2) is 32.7 Å². The van der Waals surface area contributed by atoms with Gasteiger partial charge in [0, 0.05) is 30.1 Å². The van der Waals surface area contributed by atoms with E-state index < -0.39 is 16.6 Å². The predicted octanol–water partition coefficient (Wildman–Crippen LogP) is 2.79. The van der Waals surface area contributed by atoms with Gasteiger partial charge in [0.15, 0.2) is 5.78 Å². The van der Waals surface area contributed by atoms with Crippen molar-refractivity contribution in [1.82, 2.24) is 0 Å². The third kappa shape index (κ3) is 1.89. The molecular formula is C18H22BrNO5. The number of carbonyl (C=O) groups is 2. The Hall–Kier alpha value is -1.08. The first kappa shape index (κ1) is 17.3. The average molecular weight is 412 g/mol. The molecule has 0 saturated heterocycles. The van der Waals surface area contributed by atoms with Gasteiger partial charge in [0.25, 0.3) is 5.54 Å². The summed E-state index contributed by atoms with van der Waals surface area (Å²) >= 11 is 3.30. The molecule has 0 spiro atoms. The number of ketones is 2. The molecule has 6 nitrogen and oxygen atoms in total. The molecule has 7 heteroatoms. The van der Waals surface area contributed by atoms with Crippen LogP contribution in [-0.2, 0) is 9.59 Å². The van der Waals surface area contributed by atoms with Crippen LogP contribution in [0.25, 0.3) is 0 Å². The first-order chi connectivity index (χ1) is 11.7. The summed E-state index contributed by atoms with van der Waals surface area (Å²) in [4.78, 5) is 36.6. The monoisotopic (exact) mass is 411 g/mol. The van der Waals surface area contributed by atoms with Crippen molar-refractivity contribution in [2.45, 2.75) is 63.0 Å². The van der Waals surface area contributed by atoms with Gasteiger partial charge in [-0.2, -0.15) is 0 Å². The highest BCUT2D eigenvalue weighted by atomic mass is 79.9. The van der Waals surface area contributed by atoms with Gasteiger partial charge in [-0.15, -0.1) is 0 Å². The van der Waals surface area contributed by atoms with Gasteiger partial charge in [0.1, 0.15) is 11.4 Å². The largest absolute Gasteiger partial charge is 0.381 e. The van der Waals surface area contributed by atoms with Gasteiger partial charge in [-0.05, 0) is 60.4 Å². The number of allylic oxidation sites excluding steroid dienone is 2. The highest BCUT2D eigenvalue weighted by Gasteiger charge is 2.79. The molecule has 0 bridgehead atoms. The van der Waals surface area contributed by atoms with Crippen molar-refractivity contribution in [3.8, 4) is 0 Å². The van der Waals surface area contributed by atoms with Crippen molar-refractivity contribution in [2.24, 2.45) is 23.2 Å². The molecule has 4 rings (SSSR count). The van der Waals surface area contributed by atoms with E-state index in [4.69, 9.17) is 0 Å². The smallest absolute Gasteiger partial charge is 0.254 e. The van der Waals surface area contributed by atoms with Crippen LogP contribution in [0.5, 0.6) is 0 Å². The highest BCUT2D eigenvalue weighted by Crippen LogP contribution is 2.65. The van der Waals surface area contributed by atoms with Crippen LogP contribution in [0.2, 0.25) is 0 Å². The fourth-order valence-corrected chi connectivity index (χ4v) is 6.87. The van der Waals surface area contributed by atoms with Gasteiger partial charge in [0.05, 0.1) is 9.90 Å². The molecule has 0 amide bonds. The maximum Gasteiger partial charge on any atom is 0.254 e. The molecule has 6 atom stereocenters. The van der Waals surface area contributed by atoms with Gasteiger partial charge in [-0.25, -0.2) is 0 Å². The van der Waals surface area contributed by atoms with Crippen molar-refractivity contribution >= 4 is 27.5 Å². The van der Waals surface area contributed by atoms with Gasteiger partial charge in [-0.1, -0.05) is 6.08 Å². The second-order valence-corrected chi connectivity index (χ2v) is 9.31. The third-order valence-electron chi connectivity index (χ3n) is 7.81. The molecule has 1 N–H and O–H groups in total. The van der Waals surface area contributed by atoms with Crippen molar-refractivity contribution in [2.75, 3.05) is 0 Å². The Bertz CT molecular complexity index is 720. The lowest BCUT2D eigenvalue weighted by Gasteiger charge is -2.58. The molecule has 0 unspecified atom stereocenters. The fraction of sp³-hybridized carbons (Fsp3) is 0.778. The van der Waals surface area contributed by atoms with E-state index in [0.29, 0.717) is 30.2 Å². The number of Topliss-reactive ketones (excluding diaryl/α,β-unsaturated/α-hetero) is 2. The molecule has 3 saturated carbocycles. The normalized spacial score (nSPS) is 49.1. The zero-order valence-electron chi connectivity index (χ0n) is 14.2. The van der Waals surface area contributed by atoms with E-state index in [9.17, 15) is 24.8 Å². The molecule has 0 aromatic heterocycles. The summed E-state index contributed by atoms with van der Waals surface area (Å²) in [5, 5.41) is 24.0. The predicted molar refractivity (Wildman–Crippen MR) is 92.6 cm³/mol. The van der Waals surface area contributed by atoms with Crippen molar-refractivity contribution in [3.63, 3.8) is 0 Å². The standard InChI is InChI=1S/C18H22BrNO5/c1-16-5-3-12-11-9-13(19)14(21)8-10(11)2-6-17(12,20(24)25)18(16,23)7-4-15(16)22/h9-12,23H,2-8H2,1H3/t10-,11-,12+,16+,17-,18+/m0/s1. The number of nitro groups is 1. The Labute approximate surface area is 154 Å². The van der Waals surface area contributed by atoms with E-state index in [2.05, 4.69) is 15.9 Å². The molecule has 3 fully saturated rings. The molecule has 0 aromatic rings. The third-order valence-corrected chi connectivity index (χ3v) is 8.52. The lowest BCUT2D eigenvalue weighted by molar-refractivity contribution is -0.622. The Morgan fingerprint density at radius 2 is 2.00 bits per heavy atom. The number of fused-ring (bicyclic) bond motifs is 5. The van der Waals surface area contributed by atoms with Gasteiger partial charge in [-0.3, -0.25) is 19.7 Å². The summed E-state index contributed by atoms with van der Waals surface area (Å²) in [5.41, 5.74) is -4.14. The van der Waals surface area contributed by atoms with Crippen LogP contribution in [0.1, 0.15) is 51.9 Å². The lowest BCUT2D eigenvalue weighted by atomic mass is 9.46. The van der Waals surface area contributed by atoms with E-state index in [-0.39, 0.29) is 53.5 Å². The molecule has 0 aliphatic heterocycles. The molecule has 136 valence electrons. The number of aliphatic hydroxyl groups is 1. The number of hydrogen-bond donors (Lipinski definition) is 1. The molecule has 0 aromatic carbocycles. The van der Waals surface area contributed by atoms with Crippen LogP contribution in [0, 0.1) is 33.3 Å². The van der Waals surface area contributed by atoms with Crippen LogP contribution < -0.4 is 0 Å². The van der Waals surface area contributed by atoms with Crippen LogP contribution in [0.3, 0.4) is 0 Å². The summed E-state index contributed by atoms with van der Waals surface area (Å²) in [6.07, 6.45) is 4.41. The van der Waals surface area contributed by atoms with Crippen molar-refractivity contribution < 1.29 is 19.6 Å². The van der Waals surface area contributed by atoms with E-state index in [1.54, 1.807) is 6.92 Å². The first-order valence-electron chi connectivity index (χ1n) is 8.98. The molecular weight excluding hydrogens is 390 g/mol. The Morgan fingerprint density at radius 1 is 1.28 bits per heavy atom. The van der Waals surface area contributed by atoms with E-state index in [0.717, 1.165) is 0 Å². The Balaban J connectivity index is 1.87. The minimum absolute atomic E-state index is 0.0465. The molecule has 25 heavy (non-hydrogen) atoms. The topological polar surface area (TPSA) is 97.5 Å². The minimum atomic E-state index is -1.60. The average Bonchev–Trinajstić information content (AvgIpc) is 2.80. The lowest BCUT2D eigenvalue weighted by Crippen LogP contribution is -2.74. The summed E-state index contributed by atoms with van der Waals surface area (Å²) in [6, 6.07) is 0.